The maximum Gasteiger partial charge on any atom is 0.121 e. The van der Waals surface area contributed by atoms with Gasteiger partial charge in [-0.25, -0.2) is 0 Å². The van der Waals surface area contributed by atoms with Crippen LogP contribution in [0.25, 0.3) is 0 Å². The number of rotatable bonds is 5. The maximum absolute atomic E-state index is 9.19. The molecule has 27 heavy (non-hydrogen) atoms. The van der Waals surface area contributed by atoms with Crippen LogP contribution in [0.3, 0.4) is 0 Å². The van der Waals surface area contributed by atoms with Gasteiger partial charge < -0.3 is 9.47 Å². The Morgan fingerprint density at radius 3 is 2.74 bits per heavy atom. The Kier molecular flexibility index (Phi) is 5.50. The van der Waals surface area contributed by atoms with Gasteiger partial charge in [0.25, 0.3) is 0 Å². The molecule has 3 aromatic rings. The lowest BCUT2D eigenvalue weighted by molar-refractivity contribution is -0.0152. The second kappa shape index (κ2) is 7.83. The first kappa shape index (κ1) is 19.0. The average Bonchev–Trinajstić information content (AvgIpc) is 3.34. The molecule has 1 aliphatic rings. The number of benzene rings is 2. The van der Waals surface area contributed by atoms with Gasteiger partial charge in [0.1, 0.15) is 11.4 Å². The van der Waals surface area contributed by atoms with E-state index in [1.807, 2.05) is 47.3 Å². The van der Waals surface area contributed by atoms with E-state index < -0.39 is 5.60 Å². The van der Waals surface area contributed by atoms with Gasteiger partial charge in [-0.2, -0.15) is 10.4 Å². The van der Waals surface area contributed by atoms with Crippen LogP contribution >= 0.6 is 12.4 Å². The number of ether oxygens (including phenoxy) is 2. The summed E-state index contributed by atoms with van der Waals surface area (Å²) in [5, 5.41) is 13.5. The van der Waals surface area contributed by atoms with Gasteiger partial charge >= 0.3 is 0 Å². The number of hydrogen-bond donors (Lipinski definition) is 0. The van der Waals surface area contributed by atoms with Crippen LogP contribution in [0, 0.1) is 11.3 Å². The van der Waals surface area contributed by atoms with Gasteiger partial charge in [0, 0.05) is 25.4 Å². The summed E-state index contributed by atoms with van der Waals surface area (Å²) < 4.78 is 13.6. The molecular formula is C21H20ClN3O2. The number of aryl methyl sites for hydroxylation is 1. The minimum absolute atomic E-state index is 0. The monoisotopic (exact) mass is 381 g/mol. The summed E-state index contributed by atoms with van der Waals surface area (Å²) in [6.07, 6.45) is 4.49. The van der Waals surface area contributed by atoms with Gasteiger partial charge in [0.05, 0.1) is 25.3 Å². The van der Waals surface area contributed by atoms with E-state index in [0.717, 1.165) is 35.4 Å². The van der Waals surface area contributed by atoms with Crippen molar-refractivity contribution in [1.82, 2.24) is 9.78 Å². The van der Waals surface area contributed by atoms with E-state index in [2.05, 4.69) is 23.3 Å². The lowest BCUT2D eigenvalue weighted by Crippen LogP contribution is -2.29. The Balaban J connectivity index is 0.00000210. The van der Waals surface area contributed by atoms with E-state index in [9.17, 15) is 5.26 Å². The number of aromatic nitrogens is 2. The molecule has 138 valence electrons. The molecule has 1 atom stereocenters. The number of methoxy groups -OCH3 is 1. The van der Waals surface area contributed by atoms with Crippen LogP contribution in [-0.4, -0.2) is 16.9 Å². The van der Waals surface area contributed by atoms with Crippen molar-refractivity contribution >= 4 is 12.4 Å². The number of nitriles is 1. The van der Waals surface area contributed by atoms with Crippen molar-refractivity contribution in [2.75, 3.05) is 7.11 Å². The normalized spacial score (nSPS) is 17.6. The molecule has 0 aliphatic carbocycles. The molecule has 1 aromatic heterocycles. The third kappa shape index (κ3) is 3.42. The van der Waals surface area contributed by atoms with Gasteiger partial charge in [-0.15, -0.1) is 12.4 Å². The molecule has 4 rings (SSSR count). The average molecular weight is 382 g/mol. The number of nitrogens with zero attached hydrogens (tertiary/aromatic N) is 3. The van der Waals surface area contributed by atoms with E-state index >= 15 is 0 Å². The molecule has 0 amide bonds. The fourth-order valence-electron chi connectivity index (χ4n) is 3.61. The van der Waals surface area contributed by atoms with Crippen molar-refractivity contribution < 1.29 is 9.47 Å². The molecule has 6 heteroatoms. The van der Waals surface area contributed by atoms with Crippen LogP contribution < -0.4 is 4.74 Å². The molecule has 5 nitrogen and oxygen atoms in total. The lowest BCUT2D eigenvalue weighted by atomic mass is 9.82. The zero-order valence-electron chi connectivity index (χ0n) is 15.0. The summed E-state index contributed by atoms with van der Waals surface area (Å²) in [6, 6.07) is 17.9. The highest BCUT2D eigenvalue weighted by Crippen LogP contribution is 2.45. The minimum Gasteiger partial charge on any atom is -0.497 e. The lowest BCUT2D eigenvalue weighted by Gasteiger charge is -2.30. The third-order valence-corrected chi connectivity index (χ3v) is 4.95. The molecule has 0 bridgehead atoms. The highest BCUT2D eigenvalue weighted by atomic mass is 35.5. The van der Waals surface area contributed by atoms with Gasteiger partial charge in [-0.3, -0.25) is 4.68 Å². The van der Waals surface area contributed by atoms with Crippen molar-refractivity contribution in [3.8, 4) is 11.8 Å². The van der Waals surface area contributed by atoms with Crippen molar-refractivity contribution in [3.05, 3.63) is 83.2 Å². The van der Waals surface area contributed by atoms with E-state index in [1.54, 1.807) is 13.3 Å². The second-order valence-corrected chi connectivity index (χ2v) is 6.35. The predicted octanol–water partition coefficient (Wildman–Crippen LogP) is 4.05. The second-order valence-electron chi connectivity index (χ2n) is 6.35. The molecule has 2 aromatic carbocycles. The minimum atomic E-state index is -0.554. The summed E-state index contributed by atoms with van der Waals surface area (Å²) in [6.45, 7) is 1.23. The van der Waals surface area contributed by atoms with Crippen LogP contribution in [0.2, 0.25) is 0 Å². The van der Waals surface area contributed by atoms with Crippen LogP contribution in [0.1, 0.15) is 28.7 Å². The van der Waals surface area contributed by atoms with Gasteiger partial charge in [0.2, 0.25) is 0 Å². The van der Waals surface area contributed by atoms with Gasteiger partial charge in [-0.05, 0) is 47.0 Å². The SMILES string of the molecule is COc1ccc(C2(CCn3cccn3)OCc3cc(C#N)ccc32)cc1.Cl. The summed E-state index contributed by atoms with van der Waals surface area (Å²) in [5.74, 6) is 0.814. The van der Waals surface area contributed by atoms with Crippen molar-refractivity contribution in [1.29, 1.82) is 5.26 Å². The van der Waals surface area contributed by atoms with Crippen LogP contribution in [0.5, 0.6) is 5.75 Å². The standard InChI is InChI=1S/C21H19N3O2.ClH/c1-25-19-6-4-18(5-7-19)21(9-12-24-11-2-10-23-24)20-8-3-16(14-22)13-17(20)15-26-21;/h2-8,10-11,13H,9,12,15H2,1H3;1H. The Labute approximate surface area is 164 Å². The summed E-state index contributed by atoms with van der Waals surface area (Å²) in [5.41, 5.74) is 3.37. The fraction of sp³-hybridized carbons (Fsp3) is 0.238. The largest absolute Gasteiger partial charge is 0.497 e. The molecule has 0 fully saturated rings. The molecule has 2 heterocycles. The molecule has 0 saturated carbocycles. The number of halogens is 1. The Hall–Kier alpha value is -2.81. The first-order valence-electron chi connectivity index (χ1n) is 8.54. The first-order chi connectivity index (χ1) is 12.7. The topological polar surface area (TPSA) is 60.1 Å². The van der Waals surface area contributed by atoms with E-state index in [0.29, 0.717) is 12.2 Å². The summed E-state index contributed by atoms with van der Waals surface area (Å²) in [7, 11) is 1.66. The van der Waals surface area contributed by atoms with Gasteiger partial charge in [-0.1, -0.05) is 18.2 Å². The van der Waals surface area contributed by atoms with Crippen LogP contribution in [0.4, 0.5) is 0 Å². The van der Waals surface area contributed by atoms with E-state index in [-0.39, 0.29) is 12.4 Å². The van der Waals surface area contributed by atoms with E-state index in [4.69, 9.17) is 9.47 Å². The zero-order chi connectivity index (χ0) is 18.0. The highest BCUT2D eigenvalue weighted by Gasteiger charge is 2.41. The van der Waals surface area contributed by atoms with Crippen molar-refractivity contribution in [2.45, 2.75) is 25.2 Å². The molecule has 0 N–H and O–H groups in total. The summed E-state index contributed by atoms with van der Waals surface area (Å²) >= 11 is 0. The Bertz CT molecular complexity index is 949. The van der Waals surface area contributed by atoms with Crippen LogP contribution in [0.15, 0.2) is 60.9 Å². The van der Waals surface area contributed by atoms with Crippen molar-refractivity contribution in [3.63, 3.8) is 0 Å². The molecular weight excluding hydrogens is 362 g/mol. The first-order valence-corrected chi connectivity index (χ1v) is 8.54. The summed E-state index contributed by atoms with van der Waals surface area (Å²) in [4.78, 5) is 0. The quantitative estimate of drug-likeness (QED) is 0.669. The molecule has 1 aliphatic heterocycles. The third-order valence-electron chi connectivity index (χ3n) is 4.95. The highest BCUT2D eigenvalue weighted by molar-refractivity contribution is 5.85. The molecule has 0 radical (unpaired) electrons. The number of fused-ring (bicyclic) bond motifs is 1. The molecule has 1 unspecified atom stereocenters. The molecule has 0 spiro atoms. The van der Waals surface area contributed by atoms with E-state index in [1.165, 1.54) is 0 Å². The predicted molar refractivity (Wildman–Crippen MR) is 104 cm³/mol. The maximum atomic E-state index is 9.19. The number of hydrogen-bond acceptors (Lipinski definition) is 4. The smallest absolute Gasteiger partial charge is 0.121 e. The van der Waals surface area contributed by atoms with Crippen LogP contribution in [-0.2, 0) is 23.5 Å². The molecule has 0 saturated heterocycles. The Morgan fingerprint density at radius 1 is 1.26 bits per heavy atom. The van der Waals surface area contributed by atoms with Gasteiger partial charge in [0.15, 0.2) is 0 Å². The fourth-order valence-corrected chi connectivity index (χ4v) is 3.61. The Morgan fingerprint density at radius 2 is 2.07 bits per heavy atom. The zero-order valence-corrected chi connectivity index (χ0v) is 15.8. The van der Waals surface area contributed by atoms with Crippen molar-refractivity contribution in [2.24, 2.45) is 0 Å².